The van der Waals surface area contributed by atoms with Crippen LogP contribution in [0.3, 0.4) is 0 Å². The number of aryl methyl sites for hydroxylation is 1. The van der Waals surface area contributed by atoms with E-state index in [4.69, 9.17) is 5.73 Å². The SMILES string of the molecule is Cc1ccc(NC(N)=NCc2ccccc2CN2CCCC2=O)cc1.I. The van der Waals surface area contributed by atoms with E-state index in [9.17, 15) is 4.79 Å². The average molecular weight is 464 g/mol. The molecule has 0 aromatic heterocycles. The number of amides is 1. The fraction of sp³-hybridized carbons (Fsp3) is 0.300. The van der Waals surface area contributed by atoms with Gasteiger partial charge in [0.15, 0.2) is 5.96 Å². The van der Waals surface area contributed by atoms with Gasteiger partial charge in [-0.3, -0.25) is 4.79 Å². The Morgan fingerprint density at radius 3 is 2.50 bits per heavy atom. The van der Waals surface area contributed by atoms with E-state index in [0.717, 1.165) is 29.8 Å². The van der Waals surface area contributed by atoms with E-state index in [-0.39, 0.29) is 29.9 Å². The van der Waals surface area contributed by atoms with Gasteiger partial charge in [-0.2, -0.15) is 0 Å². The maximum Gasteiger partial charge on any atom is 0.222 e. The van der Waals surface area contributed by atoms with Crippen LogP contribution in [0, 0.1) is 6.92 Å². The van der Waals surface area contributed by atoms with Gasteiger partial charge >= 0.3 is 0 Å². The molecule has 2 aromatic rings. The molecule has 0 unspecified atom stereocenters. The topological polar surface area (TPSA) is 70.7 Å². The number of hydrogen-bond donors (Lipinski definition) is 2. The Labute approximate surface area is 171 Å². The Bertz CT molecular complexity index is 774. The highest BCUT2D eigenvalue weighted by Crippen LogP contribution is 2.18. The third-order valence-corrected chi connectivity index (χ3v) is 4.39. The standard InChI is InChI=1S/C20H24N4O.HI/c1-15-8-10-18(11-9-15)23-20(21)22-13-16-5-2-3-6-17(16)14-24-12-4-7-19(24)25;/h2-3,5-6,8-11H,4,7,12-14H2,1H3,(H3,21,22,23);1H. The van der Waals surface area contributed by atoms with Gasteiger partial charge in [0, 0.05) is 25.2 Å². The number of rotatable bonds is 5. The summed E-state index contributed by atoms with van der Waals surface area (Å²) >= 11 is 0. The Balaban J connectivity index is 0.00000243. The van der Waals surface area contributed by atoms with Crippen LogP contribution in [0.15, 0.2) is 53.5 Å². The molecule has 1 heterocycles. The van der Waals surface area contributed by atoms with Crippen molar-refractivity contribution in [2.45, 2.75) is 32.9 Å². The van der Waals surface area contributed by atoms with E-state index in [2.05, 4.69) is 16.4 Å². The summed E-state index contributed by atoms with van der Waals surface area (Å²) in [7, 11) is 0. The molecule has 0 bridgehead atoms. The van der Waals surface area contributed by atoms with Crippen molar-refractivity contribution in [3.05, 3.63) is 65.2 Å². The molecule has 3 rings (SSSR count). The van der Waals surface area contributed by atoms with Gasteiger partial charge in [0.1, 0.15) is 0 Å². The van der Waals surface area contributed by atoms with E-state index < -0.39 is 0 Å². The summed E-state index contributed by atoms with van der Waals surface area (Å²) in [4.78, 5) is 18.2. The van der Waals surface area contributed by atoms with E-state index in [1.807, 2.05) is 54.3 Å². The number of aliphatic imine (C=N–C) groups is 1. The molecule has 0 radical (unpaired) electrons. The fourth-order valence-electron chi connectivity index (χ4n) is 2.94. The third kappa shape index (κ3) is 5.45. The van der Waals surface area contributed by atoms with Gasteiger partial charge in [-0.05, 0) is 36.6 Å². The number of anilines is 1. The summed E-state index contributed by atoms with van der Waals surface area (Å²) < 4.78 is 0. The summed E-state index contributed by atoms with van der Waals surface area (Å²) in [5.41, 5.74) is 10.3. The van der Waals surface area contributed by atoms with Gasteiger partial charge < -0.3 is 16.0 Å². The molecule has 3 N–H and O–H groups in total. The summed E-state index contributed by atoms with van der Waals surface area (Å²) in [6, 6.07) is 16.1. The summed E-state index contributed by atoms with van der Waals surface area (Å²) in [6.07, 6.45) is 1.61. The van der Waals surface area contributed by atoms with E-state index in [1.165, 1.54) is 5.56 Å². The number of guanidine groups is 1. The molecule has 138 valence electrons. The van der Waals surface area contributed by atoms with Gasteiger partial charge in [-0.1, -0.05) is 42.0 Å². The number of hydrogen-bond acceptors (Lipinski definition) is 2. The van der Waals surface area contributed by atoms with E-state index >= 15 is 0 Å². The summed E-state index contributed by atoms with van der Waals surface area (Å²) in [5.74, 6) is 0.620. The second kappa shape index (κ2) is 9.56. The van der Waals surface area contributed by atoms with Gasteiger partial charge in [0.25, 0.3) is 0 Å². The lowest BCUT2D eigenvalue weighted by Crippen LogP contribution is -2.25. The third-order valence-electron chi connectivity index (χ3n) is 4.39. The average Bonchev–Trinajstić information content (AvgIpc) is 3.01. The summed E-state index contributed by atoms with van der Waals surface area (Å²) in [6.45, 7) is 4.02. The van der Waals surface area contributed by atoms with Crippen molar-refractivity contribution in [2.75, 3.05) is 11.9 Å². The number of nitrogens with zero attached hydrogens (tertiary/aromatic N) is 2. The first-order valence-corrected chi connectivity index (χ1v) is 8.60. The number of nitrogens with one attached hydrogen (secondary N) is 1. The van der Waals surface area contributed by atoms with Crippen LogP contribution in [0.25, 0.3) is 0 Å². The molecule has 1 amide bonds. The maximum absolute atomic E-state index is 11.9. The molecule has 2 aromatic carbocycles. The van der Waals surface area contributed by atoms with Gasteiger partial charge in [-0.25, -0.2) is 4.99 Å². The Morgan fingerprint density at radius 2 is 1.85 bits per heavy atom. The molecule has 0 aliphatic carbocycles. The lowest BCUT2D eigenvalue weighted by Gasteiger charge is -2.17. The first kappa shape index (κ1) is 20.2. The highest BCUT2D eigenvalue weighted by atomic mass is 127. The van der Waals surface area contributed by atoms with Gasteiger partial charge in [0.05, 0.1) is 6.54 Å². The smallest absolute Gasteiger partial charge is 0.222 e. The minimum Gasteiger partial charge on any atom is -0.370 e. The number of likely N-dealkylation sites (tertiary alicyclic amines) is 1. The lowest BCUT2D eigenvalue weighted by atomic mass is 10.1. The van der Waals surface area contributed by atoms with Crippen LogP contribution >= 0.6 is 24.0 Å². The molecular weight excluding hydrogens is 439 g/mol. The minimum absolute atomic E-state index is 0. The Kier molecular flexibility index (Phi) is 7.44. The number of carbonyl (C=O) groups excluding carboxylic acids is 1. The zero-order valence-electron chi connectivity index (χ0n) is 14.9. The Morgan fingerprint density at radius 1 is 1.15 bits per heavy atom. The van der Waals surface area contributed by atoms with E-state index in [0.29, 0.717) is 25.5 Å². The summed E-state index contributed by atoms with van der Waals surface area (Å²) in [5, 5.41) is 3.10. The number of carbonyl (C=O) groups is 1. The molecule has 1 saturated heterocycles. The molecule has 1 fully saturated rings. The highest BCUT2D eigenvalue weighted by Gasteiger charge is 2.20. The zero-order valence-corrected chi connectivity index (χ0v) is 17.3. The molecule has 26 heavy (non-hydrogen) atoms. The monoisotopic (exact) mass is 464 g/mol. The fourth-order valence-corrected chi connectivity index (χ4v) is 2.94. The van der Waals surface area contributed by atoms with Crippen molar-refractivity contribution < 1.29 is 4.79 Å². The number of nitrogens with two attached hydrogens (primary N) is 1. The number of halogens is 1. The van der Waals surface area contributed by atoms with Crippen molar-refractivity contribution >= 4 is 41.5 Å². The second-order valence-corrected chi connectivity index (χ2v) is 6.38. The molecular formula is C20H25IN4O. The van der Waals surface area contributed by atoms with Crippen molar-refractivity contribution in [1.29, 1.82) is 0 Å². The molecule has 5 nitrogen and oxygen atoms in total. The van der Waals surface area contributed by atoms with Crippen LogP contribution in [-0.4, -0.2) is 23.3 Å². The predicted octanol–water partition coefficient (Wildman–Crippen LogP) is 3.66. The minimum atomic E-state index is 0. The van der Waals surface area contributed by atoms with Gasteiger partial charge in [0.2, 0.25) is 5.91 Å². The highest BCUT2D eigenvalue weighted by molar-refractivity contribution is 14.0. The van der Waals surface area contributed by atoms with Crippen molar-refractivity contribution in [3.8, 4) is 0 Å². The van der Waals surface area contributed by atoms with Crippen LogP contribution in [-0.2, 0) is 17.9 Å². The predicted molar refractivity (Wildman–Crippen MR) is 117 cm³/mol. The molecule has 6 heteroatoms. The number of benzene rings is 2. The van der Waals surface area contributed by atoms with Crippen molar-refractivity contribution in [3.63, 3.8) is 0 Å². The van der Waals surface area contributed by atoms with Gasteiger partial charge in [-0.15, -0.1) is 24.0 Å². The zero-order chi connectivity index (χ0) is 17.6. The molecule has 1 aliphatic heterocycles. The first-order chi connectivity index (χ1) is 12.1. The van der Waals surface area contributed by atoms with Crippen LogP contribution in [0.4, 0.5) is 5.69 Å². The van der Waals surface area contributed by atoms with Crippen molar-refractivity contribution in [1.82, 2.24) is 4.90 Å². The Hall–Kier alpha value is -2.09. The van der Waals surface area contributed by atoms with Crippen LogP contribution < -0.4 is 11.1 Å². The second-order valence-electron chi connectivity index (χ2n) is 6.38. The van der Waals surface area contributed by atoms with Crippen molar-refractivity contribution in [2.24, 2.45) is 10.7 Å². The normalized spacial score (nSPS) is 14.3. The quantitative estimate of drug-likeness (QED) is 0.403. The van der Waals surface area contributed by atoms with Crippen LogP contribution in [0.2, 0.25) is 0 Å². The maximum atomic E-state index is 11.9. The molecule has 0 saturated carbocycles. The molecule has 0 spiro atoms. The molecule has 1 aliphatic rings. The first-order valence-electron chi connectivity index (χ1n) is 8.60. The molecule has 0 atom stereocenters. The lowest BCUT2D eigenvalue weighted by molar-refractivity contribution is -0.128. The van der Waals surface area contributed by atoms with Crippen LogP contribution in [0.5, 0.6) is 0 Å². The largest absolute Gasteiger partial charge is 0.370 e. The van der Waals surface area contributed by atoms with Crippen LogP contribution in [0.1, 0.15) is 29.5 Å². The van der Waals surface area contributed by atoms with E-state index in [1.54, 1.807) is 0 Å².